The Labute approximate surface area is 187 Å². The van der Waals surface area contributed by atoms with Gasteiger partial charge in [-0.1, -0.05) is 11.8 Å². The van der Waals surface area contributed by atoms with E-state index in [1.807, 2.05) is 25.5 Å². The highest BCUT2D eigenvalue weighted by Gasteiger charge is 2.22. The molecule has 0 aliphatic heterocycles. The van der Waals surface area contributed by atoms with Crippen molar-refractivity contribution in [1.82, 2.24) is 14.8 Å². The first-order chi connectivity index (χ1) is 14.2. The molecule has 0 aliphatic carbocycles. The van der Waals surface area contributed by atoms with Gasteiger partial charge in [0.2, 0.25) is 5.91 Å². The van der Waals surface area contributed by atoms with E-state index in [-0.39, 0.29) is 18.3 Å². The predicted octanol–water partition coefficient (Wildman–Crippen LogP) is 4.75. The quantitative estimate of drug-likeness (QED) is 0.401. The van der Waals surface area contributed by atoms with Gasteiger partial charge in [0, 0.05) is 27.7 Å². The number of thiophene rings is 2. The predicted molar refractivity (Wildman–Crippen MR) is 123 cm³/mol. The van der Waals surface area contributed by atoms with Gasteiger partial charge >= 0.3 is 5.97 Å². The van der Waals surface area contributed by atoms with Crippen LogP contribution in [0.3, 0.4) is 0 Å². The van der Waals surface area contributed by atoms with Crippen molar-refractivity contribution in [3.63, 3.8) is 0 Å². The Hall–Kier alpha value is -2.17. The summed E-state index contributed by atoms with van der Waals surface area (Å²) < 4.78 is 7.03. The van der Waals surface area contributed by atoms with Gasteiger partial charge in [0.25, 0.3) is 0 Å². The monoisotopic (exact) mass is 464 g/mol. The summed E-state index contributed by atoms with van der Waals surface area (Å²) in [5.74, 6) is 0.320. The second-order valence-corrected chi connectivity index (χ2v) is 9.99. The number of thioether (sulfide) groups is 1. The molecule has 3 aromatic rings. The molecule has 0 atom stereocenters. The van der Waals surface area contributed by atoms with E-state index >= 15 is 0 Å². The van der Waals surface area contributed by atoms with Crippen LogP contribution in [0.4, 0.5) is 5.00 Å². The van der Waals surface area contributed by atoms with Crippen LogP contribution in [0.5, 0.6) is 0 Å². The van der Waals surface area contributed by atoms with Crippen LogP contribution in [0.2, 0.25) is 0 Å². The molecule has 3 aromatic heterocycles. The fourth-order valence-corrected chi connectivity index (χ4v) is 5.51. The van der Waals surface area contributed by atoms with Gasteiger partial charge in [0.05, 0.1) is 17.9 Å². The average molecular weight is 465 g/mol. The standard InChI is InChI=1S/C20H24N4O3S3/c1-7-27-19(26)16-11(3)13(5)30-18(16)21-15(25)9-29-20-23-22-17(24(20)6)14-8-28-12(4)10(14)2/h8H,7,9H2,1-6H3,(H,21,25). The molecule has 0 bridgehead atoms. The summed E-state index contributed by atoms with van der Waals surface area (Å²) in [7, 11) is 1.90. The van der Waals surface area contributed by atoms with E-state index in [1.165, 1.54) is 33.5 Å². The first-order valence-electron chi connectivity index (χ1n) is 9.38. The number of aromatic nitrogens is 3. The van der Waals surface area contributed by atoms with Crippen LogP contribution >= 0.6 is 34.4 Å². The van der Waals surface area contributed by atoms with Crippen molar-refractivity contribution in [3.8, 4) is 11.4 Å². The first-order valence-corrected chi connectivity index (χ1v) is 12.1. The molecule has 0 unspecified atom stereocenters. The van der Waals surface area contributed by atoms with Crippen LogP contribution in [0, 0.1) is 27.7 Å². The molecule has 0 radical (unpaired) electrons. The Morgan fingerprint density at radius 2 is 1.90 bits per heavy atom. The highest BCUT2D eigenvalue weighted by atomic mass is 32.2. The lowest BCUT2D eigenvalue weighted by atomic mass is 10.1. The molecule has 1 N–H and O–H groups in total. The summed E-state index contributed by atoms with van der Waals surface area (Å²) in [4.78, 5) is 27.1. The number of hydrogen-bond acceptors (Lipinski definition) is 8. The van der Waals surface area contributed by atoms with E-state index in [0.29, 0.717) is 15.7 Å². The second-order valence-electron chi connectivity index (χ2n) is 6.74. The zero-order valence-electron chi connectivity index (χ0n) is 17.8. The van der Waals surface area contributed by atoms with Gasteiger partial charge in [-0.05, 0) is 45.7 Å². The summed E-state index contributed by atoms with van der Waals surface area (Å²) >= 11 is 4.37. The lowest BCUT2D eigenvalue weighted by Crippen LogP contribution is -2.16. The Morgan fingerprint density at radius 1 is 1.17 bits per heavy atom. The third-order valence-corrected chi connectivity index (χ3v) is 7.97. The summed E-state index contributed by atoms with van der Waals surface area (Å²) in [5, 5.41) is 14.7. The highest BCUT2D eigenvalue weighted by molar-refractivity contribution is 7.99. The number of carbonyl (C=O) groups excluding carboxylic acids is 2. The van der Waals surface area contributed by atoms with E-state index < -0.39 is 5.97 Å². The van der Waals surface area contributed by atoms with Gasteiger partial charge in [-0.25, -0.2) is 4.79 Å². The molecular weight excluding hydrogens is 440 g/mol. The molecule has 160 valence electrons. The molecule has 0 saturated carbocycles. The van der Waals surface area contributed by atoms with E-state index in [9.17, 15) is 9.59 Å². The largest absolute Gasteiger partial charge is 0.462 e. The lowest BCUT2D eigenvalue weighted by Gasteiger charge is -2.07. The van der Waals surface area contributed by atoms with Crippen molar-refractivity contribution in [1.29, 1.82) is 0 Å². The zero-order valence-corrected chi connectivity index (χ0v) is 20.2. The van der Waals surface area contributed by atoms with Crippen LogP contribution in [0.1, 0.15) is 38.2 Å². The number of nitrogens with zero attached hydrogens (tertiary/aromatic N) is 3. The number of hydrogen-bond donors (Lipinski definition) is 1. The van der Waals surface area contributed by atoms with Crippen molar-refractivity contribution >= 4 is 51.3 Å². The number of rotatable bonds is 7. The molecule has 10 heteroatoms. The Balaban J connectivity index is 1.70. The number of carbonyl (C=O) groups is 2. The molecular formula is C20H24N4O3S3. The zero-order chi connectivity index (χ0) is 22.0. The van der Waals surface area contributed by atoms with E-state index in [4.69, 9.17) is 4.74 Å². The van der Waals surface area contributed by atoms with E-state index in [1.54, 1.807) is 18.3 Å². The summed E-state index contributed by atoms with van der Waals surface area (Å²) in [6, 6.07) is 0. The number of amides is 1. The summed E-state index contributed by atoms with van der Waals surface area (Å²) in [6.07, 6.45) is 0. The molecule has 30 heavy (non-hydrogen) atoms. The van der Waals surface area contributed by atoms with Gasteiger partial charge in [-0.15, -0.1) is 32.9 Å². The Morgan fingerprint density at radius 3 is 2.53 bits per heavy atom. The minimum atomic E-state index is -0.415. The number of nitrogens with one attached hydrogen (secondary N) is 1. The van der Waals surface area contributed by atoms with Crippen molar-refractivity contribution < 1.29 is 14.3 Å². The fourth-order valence-electron chi connectivity index (χ4n) is 2.87. The van der Waals surface area contributed by atoms with Gasteiger partial charge in [-0.2, -0.15) is 0 Å². The molecule has 0 fully saturated rings. The van der Waals surface area contributed by atoms with E-state index in [2.05, 4.69) is 34.7 Å². The van der Waals surface area contributed by atoms with Gasteiger partial charge < -0.3 is 14.6 Å². The number of esters is 1. The molecule has 0 aromatic carbocycles. The third kappa shape index (κ3) is 4.45. The van der Waals surface area contributed by atoms with E-state index in [0.717, 1.165) is 21.8 Å². The molecule has 1 amide bonds. The number of aryl methyl sites for hydroxylation is 2. The molecule has 0 saturated heterocycles. The summed E-state index contributed by atoms with van der Waals surface area (Å²) in [5.41, 5.74) is 3.52. The highest BCUT2D eigenvalue weighted by Crippen LogP contribution is 2.34. The molecule has 0 aliphatic rings. The third-order valence-electron chi connectivity index (χ3n) is 4.81. The van der Waals surface area contributed by atoms with Gasteiger partial charge in [-0.3, -0.25) is 4.79 Å². The minimum absolute atomic E-state index is 0.159. The van der Waals surface area contributed by atoms with Crippen LogP contribution in [0.15, 0.2) is 10.5 Å². The fraction of sp³-hybridized carbons (Fsp3) is 0.400. The average Bonchev–Trinajstić information content (AvgIpc) is 3.31. The van der Waals surface area contributed by atoms with Crippen molar-refractivity contribution in [2.45, 2.75) is 39.8 Å². The molecule has 7 nitrogen and oxygen atoms in total. The van der Waals surface area contributed by atoms with Gasteiger partial charge in [0.15, 0.2) is 11.0 Å². The first kappa shape index (κ1) is 22.5. The molecule has 3 heterocycles. The van der Waals surface area contributed by atoms with Crippen LogP contribution in [-0.2, 0) is 16.6 Å². The maximum Gasteiger partial charge on any atom is 0.341 e. The second kappa shape index (κ2) is 9.32. The summed E-state index contributed by atoms with van der Waals surface area (Å²) in [6.45, 7) is 9.98. The maximum absolute atomic E-state index is 12.6. The van der Waals surface area contributed by atoms with Crippen molar-refractivity contribution in [2.24, 2.45) is 7.05 Å². The molecule has 3 rings (SSSR count). The lowest BCUT2D eigenvalue weighted by molar-refractivity contribution is -0.113. The Bertz CT molecular complexity index is 1100. The van der Waals surface area contributed by atoms with Crippen molar-refractivity contribution in [2.75, 3.05) is 17.7 Å². The van der Waals surface area contributed by atoms with Gasteiger partial charge in [0.1, 0.15) is 5.00 Å². The SMILES string of the molecule is CCOC(=O)c1c(NC(=O)CSc2nnc(-c3csc(C)c3C)n2C)sc(C)c1C. The normalized spacial score (nSPS) is 11.0. The molecule has 0 spiro atoms. The van der Waals surface area contributed by atoms with Crippen LogP contribution in [0.25, 0.3) is 11.4 Å². The smallest absolute Gasteiger partial charge is 0.341 e. The number of ether oxygens (including phenoxy) is 1. The topological polar surface area (TPSA) is 86.1 Å². The van der Waals surface area contributed by atoms with Crippen LogP contribution < -0.4 is 5.32 Å². The Kier molecular flexibility index (Phi) is 6.99. The maximum atomic E-state index is 12.6. The van der Waals surface area contributed by atoms with Crippen LogP contribution in [-0.4, -0.2) is 39.0 Å². The minimum Gasteiger partial charge on any atom is -0.462 e. The number of anilines is 1. The van der Waals surface area contributed by atoms with Crippen molar-refractivity contribution in [3.05, 3.63) is 31.8 Å².